The van der Waals surface area contributed by atoms with Crippen LogP contribution in [0.2, 0.25) is 0 Å². The number of alkyl halides is 3. The Morgan fingerprint density at radius 2 is 1.71 bits per heavy atom. The molecule has 2 aromatic carbocycles. The highest BCUT2D eigenvalue weighted by Gasteiger charge is 2.43. The number of aromatic nitrogens is 3. The fraction of sp³-hybridized carbons (Fsp3) is 0.261. The Kier molecular flexibility index (Phi) is 4.64. The minimum absolute atomic E-state index is 0.0540. The van der Waals surface area contributed by atoms with Gasteiger partial charge in [0, 0.05) is 30.9 Å². The van der Waals surface area contributed by atoms with Crippen molar-refractivity contribution in [3.05, 3.63) is 61.1 Å². The summed E-state index contributed by atoms with van der Waals surface area (Å²) < 4.78 is 40.0. The maximum atomic E-state index is 12.7. The standard InChI is InChI=1S/C23H19F3N4O/c24-23(25,26)22(31)29-11-8-18(9-12-29)30-14-28-20-19(7-10-27-21(20)30)17-6-5-15-3-1-2-4-16(15)13-17/h1-7,10,13-14,18H,8-9,11-12H2. The van der Waals surface area contributed by atoms with E-state index >= 15 is 0 Å². The largest absolute Gasteiger partial charge is 0.471 e. The molecule has 158 valence electrons. The molecule has 8 heteroatoms. The van der Waals surface area contributed by atoms with E-state index in [2.05, 4.69) is 40.3 Å². The van der Waals surface area contributed by atoms with Gasteiger partial charge >= 0.3 is 12.1 Å². The normalized spacial score (nSPS) is 15.6. The van der Waals surface area contributed by atoms with E-state index in [9.17, 15) is 18.0 Å². The number of pyridine rings is 1. The van der Waals surface area contributed by atoms with Crippen molar-refractivity contribution in [1.82, 2.24) is 19.4 Å². The molecule has 0 aliphatic carbocycles. The Morgan fingerprint density at radius 3 is 2.45 bits per heavy atom. The van der Waals surface area contributed by atoms with E-state index in [0.29, 0.717) is 18.5 Å². The van der Waals surface area contributed by atoms with Gasteiger partial charge in [0.2, 0.25) is 0 Å². The molecule has 4 aromatic rings. The monoisotopic (exact) mass is 424 g/mol. The number of rotatable bonds is 2. The Hall–Kier alpha value is -3.42. The van der Waals surface area contributed by atoms with Crippen LogP contribution in [0.25, 0.3) is 33.1 Å². The predicted molar refractivity (Wildman–Crippen MR) is 111 cm³/mol. The maximum Gasteiger partial charge on any atom is 0.471 e. The van der Waals surface area contributed by atoms with Crippen LogP contribution in [-0.2, 0) is 4.79 Å². The van der Waals surface area contributed by atoms with Crippen molar-refractivity contribution in [2.24, 2.45) is 0 Å². The topological polar surface area (TPSA) is 51.0 Å². The molecule has 0 unspecified atom stereocenters. The van der Waals surface area contributed by atoms with Crippen LogP contribution in [0.15, 0.2) is 61.1 Å². The number of piperidine rings is 1. The first-order valence-corrected chi connectivity index (χ1v) is 10.1. The zero-order valence-electron chi connectivity index (χ0n) is 16.5. The summed E-state index contributed by atoms with van der Waals surface area (Å²) in [6, 6.07) is 16.2. The molecule has 0 radical (unpaired) electrons. The van der Waals surface area contributed by atoms with E-state index in [4.69, 9.17) is 0 Å². The number of amides is 1. The van der Waals surface area contributed by atoms with Crippen molar-refractivity contribution >= 4 is 27.8 Å². The summed E-state index contributed by atoms with van der Waals surface area (Å²) in [7, 11) is 0. The molecule has 0 atom stereocenters. The number of halogens is 3. The second-order valence-electron chi connectivity index (χ2n) is 7.77. The summed E-state index contributed by atoms with van der Waals surface area (Å²) in [5, 5.41) is 2.29. The average Bonchev–Trinajstić information content (AvgIpc) is 3.22. The highest BCUT2D eigenvalue weighted by Crippen LogP contribution is 2.33. The average molecular weight is 424 g/mol. The van der Waals surface area contributed by atoms with Gasteiger partial charge in [-0.1, -0.05) is 36.4 Å². The lowest BCUT2D eigenvalue weighted by Crippen LogP contribution is -2.45. The number of likely N-dealkylation sites (tertiary alicyclic amines) is 1. The number of imidazole rings is 1. The summed E-state index contributed by atoms with van der Waals surface area (Å²) in [5.74, 6) is -1.77. The van der Waals surface area contributed by atoms with E-state index in [0.717, 1.165) is 32.3 Å². The van der Waals surface area contributed by atoms with Gasteiger partial charge in [0.1, 0.15) is 5.52 Å². The molecule has 5 rings (SSSR count). The number of fused-ring (bicyclic) bond motifs is 2. The van der Waals surface area contributed by atoms with E-state index in [1.54, 1.807) is 12.5 Å². The van der Waals surface area contributed by atoms with Crippen LogP contribution in [0, 0.1) is 0 Å². The highest BCUT2D eigenvalue weighted by molar-refractivity contribution is 5.94. The van der Waals surface area contributed by atoms with Gasteiger partial charge in [0.15, 0.2) is 5.65 Å². The first-order valence-electron chi connectivity index (χ1n) is 10.1. The van der Waals surface area contributed by atoms with E-state index in [1.807, 2.05) is 22.8 Å². The lowest BCUT2D eigenvalue weighted by molar-refractivity contribution is -0.186. The molecule has 1 aliphatic rings. The van der Waals surface area contributed by atoms with Gasteiger partial charge in [-0.2, -0.15) is 13.2 Å². The number of carbonyl (C=O) groups is 1. The van der Waals surface area contributed by atoms with Crippen LogP contribution in [0.3, 0.4) is 0 Å². The van der Waals surface area contributed by atoms with Crippen LogP contribution < -0.4 is 0 Å². The molecular formula is C23H19F3N4O. The first-order chi connectivity index (χ1) is 14.9. The molecular weight excluding hydrogens is 405 g/mol. The number of carbonyl (C=O) groups excluding carboxylic acids is 1. The third kappa shape index (κ3) is 3.52. The van der Waals surface area contributed by atoms with Crippen molar-refractivity contribution in [3.63, 3.8) is 0 Å². The molecule has 1 fully saturated rings. The zero-order chi connectivity index (χ0) is 21.6. The van der Waals surface area contributed by atoms with Crippen molar-refractivity contribution in [1.29, 1.82) is 0 Å². The summed E-state index contributed by atoms with van der Waals surface area (Å²) in [6.07, 6.45) is -0.545. The smallest absolute Gasteiger partial charge is 0.335 e. The Morgan fingerprint density at radius 1 is 0.968 bits per heavy atom. The van der Waals surface area contributed by atoms with Gasteiger partial charge in [0.25, 0.3) is 0 Å². The molecule has 0 N–H and O–H groups in total. The summed E-state index contributed by atoms with van der Waals surface area (Å²) >= 11 is 0. The van der Waals surface area contributed by atoms with Crippen LogP contribution in [0.4, 0.5) is 13.2 Å². The van der Waals surface area contributed by atoms with Crippen LogP contribution in [0.1, 0.15) is 18.9 Å². The van der Waals surface area contributed by atoms with Crippen molar-refractivity contribution < 1.29 is 18.0 Å². The quantitative estimate of drug-likeness (QED) is 0.456. The fourth-order valence-corrected chi connectivity index (χ4v) is 4.32. The molecule has 0 spiro atoms. The number of hydrogen-bond acceptors (Lipinski definition) is 3. The van der Waals surface area contributed by atoms with Gasteiger partial charge < -0.3 is 9.47 Å². The molecule has 0 saturated carbocycles. The fourth-order valence-electron chi connectivity index (χ4n) is 4.32. The van der Waals surface area contributed by atoms with Gasteiger partial charge in [-0.3, -0.25) is 4.79 Å². The third-order valence-electron chi connectivity index (χ3n) is 5.91. The maximum absolute atomic E-state index is 12.7. The number of benzene rings is 2. The van der Waals surface area contributed by atoms with Gasteiger partial charge in [-0.05, 0) is 41.3 Å². The van der Waals surface area contributed by atoms with E-state index in [-0.39, 0.29) is 19.1 Å². The molecule has 0 bridgehead atoms. The van der Waals surface area contributed by atoms with Crippen LogP contribution in [0.5, 0.6) is 0 Å². The third-order valence-corrected chi connectivity index (χ3v) is 5.91. The number of nitrogens with zero attached hydrogens (tertiary/aromatic N) is 4. The van der Waals surface area contributed by atoms with Crippen molar-refractivity contribution in [2.45, 2.75) is 25.1 Å². The van der Waals surface area contributed by atoms with E-state index in [1.165, 1.54) is 0 Å². The molecule has 31 heavy (non-hydrogen) atoms. The summed E-state index contributed by atoms with van der Waals surface area (Å²) in [6.45, 7) is 0.125. The van der Waals surface area contributed by atoms with Crippen molar-refractivity contribution in [2.75, 3.05) is 13.1 Å². The SMILES string of the molecule is O=C(N1CCC(n2cnc3c(-c4ccc5ccccc5c4)ccnc32)CC1)C(F)(F)F. The van der Waals surface area contributed by atoms with Crippen LogP contribution in [-0.4, -0.2) is 44.6 Å². The van der Waals surface area contributed by atoms with Crippen LogP contribution >= 0.6 is 0 Å². The Bertz CT molecular complexity index is 1270. The Labute approximate surface area is 176 Å². The van der Waals surface area contributed by atoms with E-state index < -0.39 is 12.1 Å². The minimum Gasteiger partial charge on any atom is -0.335 e. The zero-order valence-corrected chi connectivity index (χ0v) is 16.5. The molecule has 1 saturated heterocycles. The van der Waals surface area contributed by atoms with Gasteiger partial charge in [0.05, 0.1) is 6.33 Å². The number of hydrogen-bond donors (Lipinski definition) is 0. The highest BCUT2D eigenvalue weighted by atomic mass is 19.4. The Balaban J connectivity index is 1.44. The molecule has 3 heterocycles. The van der Waals surface area contributed by atoms with Gasteiger partial charge in [-0.15, -0.1) is 0 Å². The lowest BCUT2D eigenvalue weighted by atomic mass is 10.0. The molecule has 5 nitrogen and oxygen atoms in total. The molecule has 1 amide bonds. The molecule has 1 aliphatic heterocycles. The van der Waals surface area contributed by atoms with Gasteiger partial charge in [-0.25, -0.2) is 9.97 Å². The molecule has 2 aromatic heterocycles. The summed E-state index contributed by atoms with van der Waals surface area (Å²) in [4.78, 5) is 21.4. The van der Waals surface area contributed by atoms with Crippen molar-refractivity contribution in [3.8, 4) is 11.1 Å². The second-order valence-corrected chi connectivity index (χ2v) is 7.77. The summed E-state index contributed by atoms with van der Waals surface area (Å²) in [5.41, 5.74) is 3.44. The predicted octanol–water partition coefficient (Wildman–Crippen LogP) is 4.98. The second kappa shape index (κ2) is 7.37. The first kappa shape index (κ1) is 19.5. The minimum atomic E-state index is -4.83. The lowest BCUT2D eigenvalue weighted by Gasteiger charge is -2.33.